The average Bonchev–Trinajstić information content (AvgIpc) is 2.34. The normalized spacial score (nSPS) is 10.9. The lowest BCUT2D eigenvalue weighted by atomic mass is 10.0. The molecule has 2 aromatic rings. The fraction of sp³-hybridized carbons (Fsp3) is 0.333. The number of aryl methyl sites for hydroxylation is 2. The molecular weight excluding hydrogens is 254 g/mol. The lowest BCUT2D eigenvalue weighted by Gasteiger charge is -2.15. The van der Waals surface area contributed by atoms with Crippen LogP contribution in [0.5, 0.6) is 0 Å². The Kier molecular flexibility index (Phi) is 4.10. The molecule has 0 unspecified atom stereocenters. The summed E-state index contributed by atoms with van der Waals surface area (Å²) in [6, 6.07) is 6.17. The average molecular weight is 273 g/mol. The molecule has 0 aliphatic rings. The number of amidine groups is 1. The van der Waals surface area contributed by atoms with Gasteiger partial charge in [0.15, 0.2) is 5.17 Å². The standard InChI is InChI=1S/C15H19N3S/c1-4-6-11-10(3)18-13-9(2)7-5-8-12(13)14(11)19-15(16)17/h5,7-8H,4,6H2,1-3H3,(H3,16,17). The Bertz CT molecular complexity index is 635. The number of para-hydroxylation sites is 1. The number of fused-ring (bicyclic) bond motifs is 1. The van der Waals surface area contributed by atoms with Crippen LogP contribution in [0.1, 0.15) is 30.2 Å². The number of pyridine rings is 1. The molecule has 1 aromatic heterocycles. The number of hydrogen-bond acceptors (Lipinski definition) is 3. The summed E-state index contributed by atoms with van der Waals surface area (Å²) < 4.78 is 0. The maximum absolute atomic E-state index is 7.58. The van der Waals surface area contributed by atoms with Crippen molar-refractivity contribution in [2.45, 2.75) is 38.5 Å². The van der Waals surface area contributed by atoms with Crippen molar-refractivity contribution < 1.29 is 0 Å². The summed E-state index contributed by atoms with van der Waals surface area (Å²) in [5.41, 5.74) is 10.0. The van der Waals surface area contributed by atoms with E-state index in [0.29, 0.717) is 0 Å². The van der Waals surface area contributed by atoms with Crippen LogP contribution in [0.2, 0.25) is 0 Å². The van der Waals surface area contributed by atoms with Gasteiger partial charge in [-0.05, 0) is 31.4 Å². The van der Waals surface area contributed by atoms with Gasteiger partial charge in [-0.15, -0.1) is 0 Å². The maximum atomic E-state index is 7.58. The van der Waals surface area contributed by atoms with Crippen LogP contribution in [-0.4, -0.2) is 10.2 Å². The van der Waals surface area contributed by atoms with Gasteiger partial charge in [-0.1, -0.05) is 43.3 Å². The molecule has 0 fully saturated rings. The van der Waals surface area contributed by atoms with Crippen LogP contribution < -0.4 is 5.73 Å². The number of rotatable bonds is 3. The van der Waals surface area contributed by atoms with Crippen molar-refractivity contribution in [1.29, 1.82) is 5.41 Å². The molecule has 4 heteroatoms. The van der Waals surface area contributed by atoms with Gasteiger partial charge in [0.25, 0.3) is 0 Å². The highest BCUT2D eigenvalue weighted by molar-refractivity contribution is 8.13. The van der Waals surface area contributed by atoms with E-state index in [9.17, 15) is 0 Å². The maximum Gasteiger partial charge on any atom is 0.155 e. The molecule has 0 amide bonds. The number of nitrogens with zero attached hydrogens (tertiary/aromatic N) is 1. The first-order valence-electron chi connectivity index (χ1n) is 6.45. The van der Waals surface area contributed by atoms with E-state index in [1.807, 2.05) is 13.0 Å². The summed E-state index contributed by atoms with van der Waals surface area (Å²) in [5.74, 6) is 0. The quantitative estimate of drug-likeness (QED) is 0.508. The van der Waals surface area contributed by atoms with Crippen molar-refractivity contribution in [3.05, 3.63) is 35.0 Å². The number of nitrogens with one attached hydrogen (secondary N) is 1. The summed E-state index contributed by atoms with van der Waals surface area (Å²) in [6.45, 7) is 6.26. The van der Waals surface area contributed by atoms with Crippen molar-refractivity contribution in [3.8, 4) is 0 Å². The first-order chi connectivity index (χ1) is 9.04. The lowest BCUT2D eigenvalue weighted by Crippen LogP contribution is -2.06. The van der Waals surface area contributed by atoms with Gasteiger partial charge >= 0.3 is 0 Å². The second kappa shape index (κ2) is 5.61. The molecule has 0 atom stereocenters. The molecule has 0 aliphatic carbocycles. The summed E-state index contributed by atoms with van der Waals surface area (Å²) in [4.78, 5) is 5.83. The van der Waals surface area contributed by atoms with Crippen LogP contribution in [0.4, 0.5) is 0 Å². The minimum Gasteiger partial charge on any atom is -0.378 e. The minimum atomic E-state index is 0.130. The highest BCUT2D eigenvalue weighted by atomic mass is 32.2. The fourth-order valence-corrected chi connectivity index (χ4v) is 3.19. The van der Waals surface area contributed by atoms with Gasteiger partial charge in [-0.2, -0.15) is 0 Å². The van der Waals surface area contributed by atoms with E-state index in [1.54, 1.807) is 0 Å². The fourth-order valence-electron chi connectivity index (χ4n) is 2.32. The summed E-state index contributed by atoms with van der Waals surface area (Å²) in [6.07, 6.45) is 2.03. The van der Waals surface area contributed by atoms with Gasteiger partial charge < -0.3 is 5.73 Å². The van der Waals surface area contributed by atoms with Crippen molar-refractivity contribution in [1.82, 2.24) is 4.98 Å². The van der Waals surface area contributed by atoms with E-state index in [4.69, 9.17) is 16.1 Å². The molecular formula is C15H19N3S. The molecule has 0 spiro atoms. The van der Waals surface area contributed by atoms with Gasteiger partial charge in [0.2, 0.25) is 0 Å². The predicted molar refractivity (Wildman–Crippen MR) is 83.0 cm³/mol. The van der Waals surface area contributed by atoms with E-state index in [0.717, 1.165) is 39.9 Å². The molecule has 1 aromatic carbocycles. The number of hydrogen-bond donors (Lipinski definition) is 2. The SMILES string of the molecule is CCCc1c(C)nc2c(C)cccc2c1SC(=N)N. The number of aromatic nitrogens is 1. The molecule has 19 heavy (non-hydrogen) atoms. The van der Waals surface area contributed by atoms with Crippen LogP contribution in [0, 0.1) is 19.3 Å². The third-order valence-electron chi connectivity index (χ3n) is 3.18. The largest absolute Gasteiger partial charge is 0.378 e. The lowest BCUT2D eigenvalue weighted by molar-refractivity contribution is 0.882. The molecule has 0 saturated carbocycles. The van der Waals surface area contributed by atoms with Crippen molar-refractivity contribution in [2.24, 2.45) is 5.73 Å². The van der Waals surface area contributed by atoms with Crippen molar-refractivity contribution >= 4 is 27.8 Å². The van der Waals surface area contributed by atoms with Crippen LogP contribution in [0.25, 0.3) is 10.9 Å². The summed E-state index contributed by atoms with van der Waals surface area (Å²) in [7, 11) is 0. The van der Waals surface area contributed by atoms with E-state index < -0.39 is 0 Å². The molecule has 1 heterocycles. The Hall–Kier alpha value is -1.55. The Morgan fingerprint density at radius 3 is 2.74 bits per heavy atom. The van der Waals surface area contributed by atoms with Gasteiger partial charge in [-0.25, -0.2) is 0 Å². The first-order valence-corrected chi connectivity index (χ1v) is 7.27. The second-order valence-corrected chi connectivity index (χ2v) is 5.74. The van der Waals surface area contributed by atoms with Crippen molar-refractivity contribution in [3.63, 3.8) is 0 Å². The van der Waals surface area contributed by atoms with Gasteiger partial charge in [-0.3, -0.25) is 10.4 Å². The Labute approximate surface area is 118 Å². The molecule has 3 nitrogen and oxygen atoms in total. The number of benzene rings is 1. The predicted octanol–water partition coefficient (Wildman–Crippen LogP) is 3.79. The van der Waals surface area contributed by atoms with E-state index in [-0.39, 0.29) is 5.17 Å². The van der Waals surface area contributed by atoms with Gasteiger partial charge in [0.1, 0.15) is 0 Å². The Morgan fingerprint density at radius 1 is 1.37 bits per heavy atom. The zero-order valence-electron chi connectivity index (χ0n) is 11.6. The molecule has 0 saturated heterocycles. The van der Waals surface area contributed by atoms with Crippen LogP contribution in [-0.2, 0) is 6.42 Å². The van der Waals surface area contributed by atoms with Crippen LogP contribution in [0.15, 0.2) is 23.1 Å². The molecule has 0 bridgehead atoms. The van der Waals surface area contributed by atoms with Crippen molar-refractivity contribution in [2.75, 3.05) is 0 Å². The molecule has 2 rings (SSSR count). The number of nitrogens with two attached hydrogens (primary N) is 1. The molecule has 0 aliphatic heterocycles. The Balaban J connectivity index is 2.78. The second-order valence-electron chi connectivity index (χ2n) is 4.69. The highest BCUT2D eigenvalue weighted by Crippen LogP contribution is 2.34. The first kappa shape index (κ1) is 13.9. The van der Waals surface area contributed by atoms with E-state index in [2.05, 4.69) is 26.0 Å². The van der Waals surface area contributed by atoms with Crippen LogP contribution in [0.3, 0.4) is 0 Å². The van der Waals surface area contributed by atoms with Gasteiger partial charge in [0.05, 0.1) is 5.52 Å². The van der Waals surface area contributed by atoms with E-state index >= 15 is 0 Å². The topological polar surface area (TPSA) is 62.8 Å². The molecule has 3 N–H and O–H groups in total. The monoisotopic (exact) mass is 273 g/mol. The minimum absolute atomic E-state index is 0.130. The highest BCUT2D eigenvalue weighted by Gasteiger charge is 2.14. The van der Waals surface area contributed by atoms with Crippen LogP contribution >= 0.6 is 11.8 Å². The third-order valence-corrected chi connectivity index (χ3v) is 4.08. The summed E-state index contributed by atoms with van der Waals surface area (Å²) in [5, 5.41) is 8.82. The number of thioether (sulfide) groups is 1. The van der Waals surface area contributed by atoms with Gasteiger partial charge in [0, 0.05) is 16.0 Å². The zero-order valence-corrected chi connectivity index (χ0v) is 12.4. The summed E-state index contributed by atoms with van der Waals surface area (Å²) >= 11 is 1.34. The third kappa shape index (κ3) is 2.73. The smallest absolute Gasteiger partial charge is 0.155 e. The molecule has 100 valence electrons. The Morgan fingerprint density at radius 2 is 2.11 bits per heavy atom. The molecule has 0 radical (unpaired) electrons. The van der Waals surface area contributed by atoms with E-state index in [1.165, 1.54) is 17.3 Å². The zero-order chi connectivity index (χ0) is 14.0.